The molecule has 0 fully saturated rings. The van der Waals surface area contributed by atoms with Crippen molar-refractivity contribution < 1.29 is 8.78 Å². The number of halogens is 2. The van der Waals surface area contributed by atoms with Crippen LogP contribution in [0.1, 0.15) is 24.1 Å². The third-order valence-corrected chi connectivity index (χ3v) is 2.23. The van der Waals surface area contributed by atoms with Gasteiger partial charge in [0, 0.05) is 6.04 Å². The van der Waals surface area contributed by atoms with Crippen LogP contribution in [0.3, 0.4) is 0 Å². The van der Waals surface area contributed by atoms with Crippen molar-refractivity contribution in [3.63, 3.8) is 0 Å². The first-order chi connectivity index (χ1) is 6.61. The summed E-state index contributed by atoms with van der Waals surface area (Å²) in [4.78, 5) is 0. The van der Waals surface area contributed by atoms with Gasteiger partial charge in [-0.05, 0) is 25.0 Å². The highest BCUT2D eigenvalue weighted by Gasteiger charge is 2.09. The minimum Gasteiger partial charge on any atom is -0.305 e. The second-order valence-electron chi connectivity index (χ2n) is 3.38. The van der Waals surface area contributed by atoms with Gasteiger partial charge >= 0.3 is 0 Å². The molecule has 0 aromatic heterocycles. The van der Waals surface area contributed by atoms with E-state index in [0.29, 0.717) is 0 Å². The van der Waals surface area contributed by atoms with Crippen LogP contribution in [0.15, 0.2) is 24.3 Å². The Kier molecular flexibility index (Phi) is 4.01. The SMILES string of the molecule is Cc1ccccc1C(C)NCC(F)F. The van der Waals surface area contributed by atoms with Gasteiger partial charge in [0.1, 0.15) is 0 Å². The molecule has 0 saturated heterocycles. The van der Waals surface area contributed by atoms with Gasteiger partial charge in [-0.3, -0.25) is 0 Å². The quantitative estimate of drug-likeness (QED) is 0.786. The standard InChI is InChI=1S/C11H15F2N/c1-8-5-3-4-6-10(8)9(2)14-7-11(12)13/h3-6,9,11,14H,7H2,1-2H3. The lowest BCUT2D eigenvalue weighted by molar-refractivity contribution is 0.142. The predicted molar refractivity (Wildman–Crippen MR) is 53.6 cm³/mol. The molecule has 0 aliphatic heterocycles. The summed E-state index contributed by atoms with van der Waals surface area (Å²) >= 11 is 0. The number of hydrogen-bond donors (Lipinski definition) is 1. The molecule has 1 nitrogen and oxygen atoms in total. The maximum atomic E-state index is 11.9. The Morgan fingerprint density at radius 1 is 1.29 bits per heavy atom. The largest absolute Gasteiger partial charge is 0.305 e. The number of benzene rings is 1. The lowest BCUT2D eigenvalue weighted by atomic mass is 10.0. The van der Waals surface area contributed by atoms with E-state index in [0.717, 1.165) is 11.1 Å². The van der Waals surface area contributed by atoms with Gasteiger partial charge in [-0.1, -0.05) is 24.3 Å². The average molecular weight is 199 g/mol. The van der Waals surface area contributed by atoms with E-state index in [1.54, 1.807) is 0 Å². The number of aryl methyl sites for hydroxylation is 1. The van der Waals surface area contributed by atoms with Crippen molar-refractivity contribution in [2.75, 3.05) is 6.54 Å². The van der Waals surface area contributed by atoms with E-state index in [1.165, 1.54) is 0 Å². The summed E-state index contributed by atoms with van der Waals surface area (Å²) in [5.74, 6) is 0. The Balaban J connectivity index is 2.60. The van der Waals surface area contributed by atoms with Crippen LogP contribution in [0, 0.1) is 6.92 Å². The van der Waals surface area contributed by atoms with E-state index in [1.807, 2.05) is 38.1 Å². The van der Waals surface area contributed by atoms with Crippen molar-refractivity contribution in [1.82, 2.24) is 5.32 Å². The van der Waals surface area contributed by atoms with Crippen LogP contribution in [-0.2, 0) is 0 Å². The van der Waals surface area contributed by atoms with Crippen molar-refractivity contribution in [2.24, 2.45) is 0 Å². The topological polar surface area (TPSA) is 12.0 Å². The first-order valence-corrected chi connectivity index (χ1v) is 4.68. The van der Waals surface area contributed by atoms with Crippen LogP contribution < -0.4 is 5.32 Å². The molecule has 1 aromatic carbocycles. The van der Waals surface area contributed by atoms with Crippen LogP contribution in [0.4, 0.5) is 8.78 Å². The maximum absolute atomic E-state index is 11.9. The summed E-state index contributed by atoms with van der Waals surface area (Å²) in [6.45, 7) is 3.62. The first-order valence-electron chi connectivity index (χ1n) is 4.68. The van der Waals surface area contributed by atoms with E-state index >= 15 is 0 Å². The summed E-state index contributed by atoms with van der Waals surface area (Å²) in [7, 11) is 0. The van der Waals surface area contributed by atoms with Crippen LogP contribution in [0.2, 0.25) is 0 Å². The van der Waals surface area contributed by atoms with Gasteiger partial charge < -0.3 is 5.32 Å². The van der Waals surface area contributed by atoms with Crippen LogP contribution in [0.5, 0.6) is 0 Å². The highest BCUT2D eigenvalue weighted by Crippen LogP contribution is 2.16. The molecule has 1 N–H and O–H groups in total. The molecule has 3 heteroatoms. The van der Waals surface area contributed by atoms with Crippen molar-refractivity contribution in [3.05, 3.63) is 35.4 Å². The number of hydrogen-bond acceptors (Lipinski definition) is 1. The van der Waals surface area contributed by atoms with E-state index in [-0.39, 0.29) is 12.6 Å². The zero-order chi connectivity index (χ0) is 10.6. The number of alkyl halides is 2. The maximum Gasteiger partial charge on any atom is 0.250 e. The van der Waals surface area contributed by atoms with E-state index < -0.39 is 6.43 Å². The van der Waals surface area contributed by atoms with Crippen molar-refractivity contribution in [3.8, 4) is 0 Å². The van der Waals surface area contributed by atoms with Crippen LogP contribution >= 0.6 is 0 Å². The van der Waals surface area contributed by atoms with E-state index in [9.17, 15) is 8.78 Å². The lowest BCUT2D eigenvalue weighted by Crippen LogP contribution is -2.25. The van der Waals surface area contributed by atoms with Crippen molar-refractivity contribution in [2.45, 2.75) is 26.3 Å². The molecular formula is C11H15F2N. The summed E-state index contributed by atoms with van der Waals surface area (Å²) in [5, 5.41) is 2.79. The first kappa shape index (κ1) is 11.1. The number of nitrogens with one attached hydrogen (secondary N) is 1. The Morgan fingerprint density at radius 3 is 2.50 bits per heavy atom. The third-order valence-electron chi connectivity index (χ3n) is 2.23. The summed E-state index contributed by atoms with van der Waals surface area (Å²) in [6.07, 6.45) is -2.29. The van der Waals surface area contributed by atoms with Crippen molar-refractivity contribution in [1.29, 1.82) is 0 Å². The second-order valence-corrected chi connectivity index (χ2v) is 3.38. The van der Waals surface area contributed by atoms with Gasteiger partial charge in [0.05, 0.1) is 6.54 Å². The van der Waals surface area contributed by atoms with Gasteiger partial charge in [-0.2, -0.15) is 0 Å². The molecule has 0 heterocycles. The fourth-order valence-corrected chi connectivity index (χ4v) is 1.45. The molecule has 0 aliphatic carbocycles. The molecule has 1 unspecified atom stereocenters. The zero-order valence-corrected chi connectivity index (χ0v) is 8.43. The Hall–Kier alpha value is -0.960. The second kappa shape index (κ2) is 5.05. The van der Waals surface area contributed by atoms with Crippen LogP contribution in [-0.4, -0.2) is 13.0 Å². The van der Waals surface area contributed by atoms with Gasteiger partial charge in [0.25, 0.3) is 6.43 Å². The molecular weight excluding hydrogens is 184 g/mol. The van der Waals surface area contributed by atoms with Gasteiger partial charge in [0.15, 0.2) is 0 Å². The minimum atomic E-state index is -2.29. The third kappa shape index (κ3) is 3.07. The Morgan fingerprint density at radius 2 is 1.93 bits per heavy atom. The minimum absolute atomic E-state index is 0.0230. The molecule has 0 radical (unpaired) electrons. The van der Waals surface area contributed by atoms with Crippen molar-refractivity contribution >= 4 is 0 Å². The Labute approximate surface area is 83.1 Å². The molecule has 14 heavy (non-hydrogen) atoms. The molecule has 0 bridgehead atoms. The zero-order valence-electron chi connectivity index (χ0n) is 8.43. The number of rotatable bonds is 4. The van der Waals surface area contributed by atoms with Gasteiger partial charge in [0.2, 0.25) is 0 Å². The highest BCUT2D eigenvalue weighted by molar-refractivity contribution is 5.28. The molecule has 0 amide bonds. The van der Waals surface area contributed by atoms with E-state index in [2.05, 4.69) is 5.32 Å². The molecule has 1 aromatic rings. The molecule has 0 spiro atoms. The summed E-state index contributed by atoms with van der Waals surface area (Å²) < 4.78 is 23.9. The van der Waals surface area contributed by atoms with E-state index in [4.69, 9.17) is 0 Å². The Bertz CT molecular complexity index is 286. The normalized spacial score (nSPS) is 13.2. The highest BCUT2D eigenvalue weighted by atomic mass is 19.3. The lowest BCUT2D eigenvalue weighted by Gasteiger charge is -2.15. The fraction of sp³-hybridized carbons (Fsp3) is 0.455. The average Bonchev–Trinajstić information content (AvgIpc) is 2.15. The monoisotopic (exact) mass is 199 g/mol. The molecule has 0 aliphatic rings. The molecule has 1 rings (SSSR count). The van der Waals surface area contributed by atoms with Gasteiger partial charge in [-0.15, -0.1) is 0 Å². The summed E-state index contributed by atoms with van der Waals surface area (Å²) in [6, 6.07) is 7.78. The molecule has 1 atom stereocenters. The van der Waals surface area contributed by atoms with Gasteiger partial charge in [-0.25, -0.2) is 8.78 Å². The fourth-order valence-electron chi connectivity index (χ4n) is 1.45. The summed E-state index contributed by atoms with van der Waals surface area (Å²) in [5.41, 5.74) is 2.20. The smallest absolute Gasteiger partial charge is 0.250 e. The predicted octanol–water partition coefficient (Wildman–Crippen LogP) is 2.91. The molecule has 78 valence electrons. The molecule has 0 saturated carbocycles. The van der Waals surface area contributed by atoms with Crippen LogP contribution in [0.25, 0.3) is 0 Å².